The first kappa shape index (κ1) is 8.90. The average Bonchev–Trinajstić information content (AvgIpc) is 2.87. The molecule has 0 aromatic heterocycles. The lowest BCUT2D eigenvalue weighted by atomic mass is 9.76. The fraction of sp³-hybridized carbons (Fsp3) is 0.917. The maximum absolute atomic E-state index is 10.9. The van der Waals surface area contributed by atoms with Crippen LogP contribution in [0.15, 0.2) is 0 Å². The van der Waals surface area contributed by atoms with Gasteiger partial charge in [-0.15, -0.1) is 0 Å². The highest BCUT2D eigenvalue weighted by atomic mass is 16.5. The molecule has 0 heterocycles. The topological polar surface area (TPSA) is 26.3 Å². The number of aldehydes is 1. The predicted octanol–water partition coefficient (Wildman–Crippen LogP) is 1.88. The Hall–Kier alpha value is -0.370. The van der Waals surface area contributed by atoms with Crippen LogP contribution in [0.5, 0.6) is 0 Å². The molecule has 0 N–H and O–H groups in total. The van der Waals surface area contributed by atoms with Gasteiger partial charge in [-0.25, -0.2) is 0 Å². The summed E-state index contributed by atoms with van der Waals surface area (Å²) in [5, 5.41) is 0. The smallest absolute Gasteiger partial charge is 0.123 e. The third-order valence-electron chi connectivity index (χ3n) is 4.98. The molecule has 0 amide bonds. The molecule has 2 heteroatoms. The minimum absolute atomic E-state index is 0.386. The van der Waals surface area contributed by atoms with E-state index in [9.17, 15) is 4.79 Å². The Labute approximate surface area is 85.0 Å². The zero-order chi connectivity index (χ0) is 9.71. The van der Waals surface area contributed by atoms with Gasteiger partial charge < -0.3 is 9.53 Å². The van der Waals surface area contributed by atoms with Crippen LogP contribution in [0.25, 0.3) is 0 Å². The summed E-state index contributed by atoms with van der Waals surface area (Å²) >= 11 is 0. The first-order valence-electron chi connectivity index (χ1n) is 5.83. The monoisotopic (exact) mass is 194 g/mol. The molecular formula is C12H18O2. The van der Waals surface area contributed by atoms with E-state index in [0.717, 1.165) is 24.2 Å². The van der Waals surface area contributed by atoms with Crippen LogP contribution >= 0.6 is 0 Å². The number of rotatable bonds is 2. The molecule has 6 atom stereocenters. The van der Waals surface area contributed by atoms with Crippen molar-refractivity contribution >= 4 is 6.29 Å². The number of methoxy groups -OCH3 is 1. The van der Waals surface area contributed by atoms with Crippen molar-refractivity contribution in [1.29, 1.82) is 0 Å². The van der Waals surface area contributed by atoms with Crippen LogP contribution in [-0.2, 0) is 9.53 Å². The second-order valence-electron chi connectivity index (χ2n) is 5.29. The van der Waals surface area contributed by atoms with E-state index in [4.69, 9.17) is 4.74 Å². The van der Waals surface area contributed by atoms with E-state index in [0.29, 0.717) is 17.9 Å². The standard InChI is InChI=1S/C12H18O2/c1-14-11-3-2-9-10-5-7(12(9)11)4-8(10)6-13/h6-12H,2-5H2,1H3/t7-,8?,9?,10-,11?,12?/m0/s1. The number of hydrogen-bond acceptors (Lipinski definition) is 2. The van der Waals surface area contributed by atoms with E-state index in [2.05, 4.69) is 0 Å². The predicted molar refractivity (Wildman–Crippen MR) is 52.8 cm³/mol. The van der Waals surface area contributed by atoms with Crippen molar-refractivity contribution in [3.05, 3.63) is 0 Å². The molecule has 0 aromatic carbocycles. The van der Waals surface area contributed by atoms with E-state index in [1.165, 1.54) is 25.5 Å². The summed E-state index contributed by atoms with van der Waals surface area (Å²) in [6.45, 7) is 0. The Morgan fingerprint density at radius 1 is 1.21 bits per heavy atom. The summed E-state index contributed by atoms with van der Waals surface area (Å²) in [5.74, 6) is 3.50. The molecule has 2 bridgehead atoms. The lowest BCUT2D eigenvalue weighted by Crippen LogP contribution is -2.30. The summed E-state index contributed by atoms with van der Waals surface area (Å²) in [4.78, 5) is 10.9. The molecule has 0 saturated heterocycles. The summed E-state index contributed by atoms with van der Waals surface area (Å²) in [6, 6.07) is 0. The fourth-order valence-corrected chi connectivity index (χ4v) is 4.55. The number of carbonyl (C=O) groups is 1. The molecule has 0 aromatic rings. The lowest BCUT2D eigenvalue weighted by molar-refractivity contribution is -0.113. The van der Waals surface area contributed by atoms with E-state index in [-0.39, 0.29) is 0 Å². The molecule has 78 valence electrons. The first-order valence-corrected chi connectivity index (χ1v) is 5.83. The molecule has 0 spiro atoms. The minimum atomic E-state index is 0.386. The summed E-state index contributed by atoms with van der Waals surface area (Å²) in [5.41, 5.74) is 0. The molecular weight excluding hydrogens is 176 g/mol. The second kappa shape index (κ2) is 3.06. The van der Waals surface area contributed by atoms with Crippen LogP contribution in [0.1, 0.15) is 25.7 Å². The molecule has 3 rings (SSSR count). The summed E-state index contributed by atoms with van der Waals surface area (Å²) < 4.78 is 5.56. The third-order valence-corrected chi connectivity index (χ3v) is 4.98. The van der Waals surface area contributed by atoms with E-state index in [1.807, 2.05) is 7.11 Å². The number of ether oxygens (including phenoxy) is 1. The fourth-order valence-electron chi connectivity index (χ4n) is 4.55. The third kappa shape index (κ3) is 0.979. The molecule has 3 aliphatic rings. The van der Waals surface area contributed by atoms with Crippen molar-refractivity contribution in [2.24, 2.45) is 29.6 Å². The number of hydrogen-bond donors (Lipinski definition) is 0. The lowest BCUT2D eigenvalue weighted by Gasteiger charge is -2.30. The Morgan fingerprint density at radius 2 is 2.07 bits per heavy atom. The van der Waals surface area contributed by atoms with Crippen LogP contribution in [0.2, 0.25) is 0 Å². The molecule has 2 nitrogen and oxygen atoms in total. The molecule has 3 aliphatic carbocycles. The molecule has 4 unspecified atom stereocenters. The van der Waals surface area contributed by atoms with Crippen LogP contribution in [0, 0.1) is 29.6 Å². The maximum atomic E-state index is 10.9. The highest BCUT2D eigenvalue weighted by molar-refractivity contribution is 5.55. The Bertz CT molecular complexity index is 251. The van der Waals surface area contributed by atoms with Gasteiger partial charge in [-0.05, 0) is 49.4 Å². The zero-order valence-electron chi connectivity index (χ0n) is 8.69. The Morgan fingerprint density at radius 3 is 2.79 bits per heavy atom. The van der Waals surface area contributed by atoms with Crippen molar-refractivity contribution in [2.75, 3.05) is 7.11 Å². The van der Waals surface area contributed by atoms with Gasteiger partial charge in [0.25, 0.3) is 0 Å². The quantitative estimate of drug-likeness (QED) is 0.627. The van der Waals surface area contributed by atoms with Gasteiger partial charge in [-0.2, -0.15) is 0 Å². The van der Waals surface area contributed by atoms with Gasteiger partial charge in [0, 0.05) is 13.0 Å². The zero-order valence-corrected chi connectivity index (χ0v) is 8.69. The van der Waals surface area contributed by atoms with Crippen molar-refractivity contribution in [2.45, 2.75) is 31.8 Å². The van der Waals surface area contributed by atoms with Crippen LogP contribution in [0.3, 0.4) is 0 Å². The normalized spacial score (nSPS) is 54.9. The largest absolute Gasteiger partial charge is 0.381 e. The van der Waals surface area contributed by atoms with Crippen molar-refractivity contribution < 1.29 is 9.53 Å². The Kier molecular flexibility index (Phi) is 1.94. The van der Waals surface area contributed by atoms with Crippen molar-refractivity contribution in [3.8, 4) is 0 Å². The highest BCUT2D eigenvalue weighted by Gasteiger charge is 2.57. The van der Waals surface area contributed by atoms with Gasteiger partial charge in [0.2, 0.25) is 0 Å². The minimum Gasteiger partial charge on any atom is -0.381 e. The van der Waals surface area contributed by atoms with Crippen LogP contribution in [0.4, 0.5) is 0 Å². The number of fused-ring (bicyclic) bond motifs is 5. The first-order chi connectivity index (χ1) is 6.85. The second-order valence-corrected chi connectivity index (χ2v) is 5.29. The van der Waals surface area contributed by atoms with E-state index in [1.54, 1.807) is 0 Å². The van der Waals surface area contributed by atoms with Gasteiger partial charge in [-0.1, -0.05) is 0 Å². The van der Waals surface area contributed by atoms with Crippen LogP contribution < -0.4 is 0 Å². The summed E-state index contributed by atoms with van der Waals surface area (Å²) in [7, 11) is 1.84. The van der Waals surface area contributed by atoms with Gasteiger partial charge >= 0.3 is 0 Å². The molecule has 3 fully saturated rings. The molecule has 0 radical (unpaired) electrons. The van der Waals surface area contributed by atoms with E-state index < -0.39 is 0 Å². The highest BCUT2D eigenvalue weighted by Crippen LogP contribution is 2.60. The van der Waals surface area contributed by atoms with Crippen LogP contribution in [-0.4, -0.2) is 19.5 Å². The number of carbonyl (C=O) groups excluding carboxylic acids is 1. The average molecular weight is 194 g/mol. The van der Waals surface area contributed by atoms with Gasteiger partial charge in [0.05, 0.1) is 6.10 Å². The molecule has 0 aliphatic heterocycles. The van der Waals surface area contributed by atoms with Crippen molar-refractivity contribution in [1.82, 2.24) is 0 Å². The molecule has 14 heavy (non-hydrogen) atoms. The molecule has 3 saturated carbocycles. The maximum Gasteiger partial charge on any atom is 0.123 e. The van der Waals surface area contributed by atoms with Gasteiger partial charge in [0.1, 0.15) is 6.29 Å². The van der Waals surface area contributed by atoms with Crippen molar-refractivity contribution in [3.63, 3.8) is 0 Å². The SMILES string of the molecule is COC1CCC2C1[C@H]1CC(C=O)[C@@H]2C1. The van der Waals surface area contributed by atoms with E-state index >= 15 is 0 Å². The van der Waals surface area contributed by atoms with Gasteiger partial charge in [0.15, 0.2) is 0 Å². The Balaban J connectivity index is 1.83. The summed E-state index contributed by atoms with van der Waals surface area (Å²) in [6.07, 6.45) is 6.69. The van der Waals surface area contributed by atoms with Gasteiger partial charge in [-0.3, -0.25) is 0 Å².